The van der Waals surface area contributed by atoms with Gasteiger partial charge in [-0.3, -0.25) is 0 Å². The lowest BCUT2D eigenvalue weighted by molar-refractivity contribution is 1.14. The molecule has 0 N–H and O–H groups in total. The lowest BCUT2D eigenvalue weighted by Crippen LogP contribution is -1.73. The molecule has 0 radical (unpaired) electrons. The van der Waals surface area contributed by atoms with Crippen molar-refractivity contribution in [1.82, 2.24) is 0 Å². The maximum absolute atomic E-state index is 2.18. The van der Waals surface area contributed by atoms with E-state index in [1.165, 1.54) is 23.1 Å². The third-order valence-electron chi connectivity index (χ3n) is 2.63. The van der Waals surface area contributed by atoms with E-state index < -0.39 is 0 Å². The van der Waals surface area contributed by atoms with Crippen LogP contribution in [0, 0.1) is 0 Å². The molecule has 0 amide bonds. The van der Waals surface area contributed by atoms with E-state index in [0.717, 1.165) is 6.42 Å². The molecule has 0 atom stereocenters. The van der Waals surface area contributed by atoms with Gasteiger partial charge in [0, 0.05) is 0 Å². The van der Waals surface area contributed by atoms with Crippen LogP contribution in [-0.4, -0.2) is 0 Å². The molecule has 0 aliphatic heterocycles. The van der Waals surface area contributed by atoms with Gasteiger partial charge in [0.1, 0.15) is 0 Å². The molecule has 2 aromatic carbocycles. The number of rotatable bonds is 1. The first-order chi connectivity index (χ1) is 7.40. The molecule has 0 fully saturated rings. The lowest BCUT2D eigenvalue weighted by Gasteiger charge is -1.89. The van der Waals surface area contributed by atoms with Crippen molar-refractivity contribution in [3.63, 3.8) is 0 Å². The maximum atomic E-state index is 2.18. The number of hydrogen-bond acceptors (Lipinski definition) is 0. The molecule has 0 spiro atoms. The molecule has 0 saturated carbocycles. The fraction of sp³-hybridized carbons (Fsp3) is 0.200. The second kappa shape index (κ2) is 4.79. The molecule has 0 heteroatoms. The lowest BCUT2D eigenvalue weighted by atomic mass is 10.2. The van der Waals surface area contributed by atoms with Gasteiger partial charge in [-0.15, -0.1) is 0 Å². The predicted molar refractivity (Wildman–Crippen MR) is 65.1 cm³/mol. The maximum Gasteiger partial charge on any atom is -0.00201 e. The first-order valence-electron chi connectivity index (χ1n) is 5.51. The third kappa shape index (κ3) is 2.95. The van der Waals surface area contributed by atoms with Crippen molar-refractivity contribution in [3.05, 3.63) is 71.3 Å². The minimum absolute atomic E-state index is 1.14. The van der Waals surface area contributed by atoms with E-state index in [0.29, 0.717) is 0 Å². The molecular weight excluding hydrogens is 180 g/mol. The van der Waals surface area contributed by atoms with Gasteiger partial charge in [-0.25, -0.2) is 0 Å². The van der Waals surface area contributed by atoms with Gasteiger partial charge in [0.15, 0.2) is 0 Å². The zero-order valence-corrected chi connectivity index (χ0v) is 9.11. The Hall–Kier alpha value is -1.56. The van der Waals surface area contributed by atoms with Gasteiger partial charge in [-0.1, -0.05) is 61.5 Å². The summed E-state index contributed by atoms with van der Waals surface area (Å²) in [6.45, 7) is 2.16. The minimum atomic E-state index is 1.14. The molecular formula is C15H16. The summed E-state index contributed by atoms with van der Waals surface area (Å²) in [5, 5.41) is 0. The van der Waals surface area contributed by atoms with Crippen LogP contribution < -0.4 is 0 Å². The number of hydrogen-bond donors (Lipinski definition) is 0. The Kier molecular flexibility index (Phi) is 3.18. The van der Waals surface area contributed by atoms with Crippen LogP contribution in [0.15, 0.2) is 54.6 Å². The summed E-state index contributed by atoms with van der Waals surface area (Å²) in [5.41, 5.74) is 4.47. The van der Waals surface area contributed by atoms with E-state index >= 15 is 0 Å². The van der Waals surface area contributed by atoms with Crippen molar-refractivity contribution < 1.29 is 0 Å². The number of fused-ring (bicyclic) bond motifs is 1. The molecule has 0 nitrogen and oxygen atoms in total. The van der Waals surface area contributed by atoms with Crippen LogP contribution in [-0.2, 0) is 12.8 Å². The Morgan fingerprint density at radius 1 is 0.800 bits per heavy atom. The topological polar surface area (TPSA) is 0 Å². The van der Waals surface area contributed by atoms with Gasteiger partial charge in [0.25, 0.3) is 0 Å². The normalized spacial score (nSPS) is 11.0. The monoisotopic (exact) mass is 196 g/mol. The summed E-state index contributed by atoms with van der Waals surface area (Å²) in [4.78, 5) is 0. The Morgan fingerprint density at radius 3 is 1.73 bits per heavy atom. The van der Waals surface area contributed by atoms with E-state index in [1.807, 2.05) is 6.07 Å². The van der Waals surface area contributed by atoms with Gasteiger partial charge >= 0.3 is 0 Å². The van der Waals surface area contributed by atoms with Gasteiger partial charge in [-0.2, -0.15) is 0 Å². The fourth-order valence-corrected chi connectivity index (χ4v) is 1.55. The third-order valence-corrected chi connectivity index (χ3v) is 2.63. The quantitative estimate of drug-likeness (QED) is 0.554. The van der Waals surface area contributed by atoms with E-state index in [1.54, 1.807) is 0 Å². The van der Waals surface area contributed by atoms with Crippen LogP contribution in [0.4, 0.5) is 0 Å². The van der Waals surface area contributed by atoms with Crippen molar-refractivity contribution in [2.24, 2.45) is 0 Å². The highest BCUT2D eigenvalue weighted by atomic mass is 14.2. The summed E-state index contributed by atoms with van der Waals surface area (Å²) in [5.74, 6) is 0. The molecule has 2 aromatic rings. The second-order valence-corrected chi connectivity index (χ2v) is 3.78. The van der Waals surface area contributed by atoms with Gasteiger partial charge < -0.3 is 0 Å². The van der Waals surface area contributed by atoms with Crippen LogP contribution in [0.5, 0.6) is 0 Å². The predicted octanol–water partition coefficient (Wildman–Crippen LogP) is 3.84. The molecule has 76 valence electrons. The van der Waals surface area contributed by atoms with Crippen molar-refractivity contribution in [3.8, 4) is 0 Å². The second-order valence-electron chi connectivity index (χ2n) is 3.78. The molecule has 0 unspecified atom stereocenters. The fourth-order valence-electron chi connectivity index (χ4n) is 1.55. The summed E-state index contributed by atoms with van der Waals surface area (Å²) in [6, 6.07) is 19.0. The largest absolute Gasteiger partial charge is 0.0622 e. The molecule has 15 heavy (non-hydrogen) atoms. The highest BCUT2D eigenvalue weighted by Gasteiger charge is 2.12. The van der Waals surface area contributed by atoms with Gasteiger partial charge in [-0.05, 0) is 29.5 Å². The van der Waals surface area contributed by atoms with Crippen LogP contribution >= 0.6 is 0 Å². The smallest absolute Gasteiger partial charge is 0.00201 e. The average molecular weight is 196 g/mol. The molecule has 0 heterocycles. The molecule has 3 rings (SSSR count). The zero-order valence-electron chi connectivity index (χ0n) is 9.11. The number of aryl methyl sites for hydroxylation is 1. The van der Waals surface area contributed by atoms with Crippen LogP contribution in [0.3, 0.4) is 0 Å². The van der Waals surface area contributed by atoms with E-state index in [-0.39, 0.29) is 0 Å². The first kappa shape index (κ1) is 9.97. The van der Waals surface area contributed by atoms with Gasteiger partial charge in [0.2, 0.25) is 0 Å². The van der Waals surface area contributed by atoms with Gasteiger partial charge in [0.05, 0.1) is 0 Å². The Labute approximate surface area is 91.6 Å². The highest BCUT2D eigenvalue weighted by molar-refractivity contribution is 5.44. The molecule has 1 aliphatic carbocycles. The van der Waals surface area contributed by atoms with Crippen molar-refractivity contribution in [1.29, 1.82) is 0 Å². The standard InChI is InChI=1S/C8H10.C7H6/c1-2-8-6-4-3-5-7-8;1-2-4-7-5-6(7)3-1/h3-7H,2H2,1H3;1-4H,5H2. The average Bonchev–Trinajstić information content (AvgIpc) is 3.10. The Morgan fingerprint density at radius 2 is 1.33 bits per heavy atom. The Balaban J connectivity index is 0.000000114. The summed E-state index contributed by atoms with van der Waals surface area (Å²) in [7, 11) is 0. The van der Waals surface area contributed by atoms with E-state index in [2.05, 4.69) is 55.5 Å². The van der Waals surface area contributed by atoms with Crippen LogP contribution in [0.2, 0.25) is 0 Å². The van der Waals surface area contributed by atoms with Crippen molar-refractivity contribution >= 4 is 0 Å². The molecule has 0 saturated heterocycles. The SMILES string of the molecule is CCc1ccccc1.c1ccc2c(c1)C2. The highest BCUT2D eigenvalue weighted by Crippen LogP contribution is 2.25. The molecule has 1 aliphatic rings. The zero-order chi connectivity index (χ0) is 10.5. The van der Waals surface area contributed by atoms with Crippen LogP contribution in [0.25, 0.3) is 0 Å². The van der Waals surface area contributed by atoms with E-state index in [9.17, 15) is 0 Å². The summed E-state index contributed by atoms with van der Waals surface area (Å²) < 4.78 is 0. The number of benzene rings is 2. The molecule has 0 bridgehead atoms. The Bertz CT molecular complexity index is 394. The summed E-state index contributed by atoms with van der Waals surface area (Å²) >= 11 is 0. The summed E-state index contributed by atoms with van der Waals surface area (Å²) in [6.07, 6.45) is 2.38. The first-order valence-corrected chi connectivity index (χ1v) is 5.51. The van der Waals surface area contributed by atoms with Crippen molar-refractivity contribution in [2.75, 3.05) is 0 Å². The molecule has 0 aromatic heterocycles. The minimum Gasteiger partial charge on any atom is -0.0622 e. The van der Waals surface area contributed by atoms with E-state index in [4.69, 9.17) is 0 Å². The van der Waals surface area contributed by atoms with Crippen molar-refractivity contribution in [2.45, 2.75) is 19.8 Å². The van der Waals surface area contributed by atoms with Crippen LogP contribution in [0.1, 0.15) is 23.6 Å².